The van der Waals surface area contributed by atoms with Crippen molar-refractivity contribution in [3.8, 4) is 11.6 Å². The van der Waals surface area contributed by atoms with Gasteiger partial charge in [0.2, 0.25) is 11.8 Å². The number of nitrogens with zero attached hydrogens (tertiary/aromatic N) is 2. The quantitative estimate of drug-likeness (QED) is 0.800. The van der Waals surface area contributed by atoms with Gasteiger partial charge in [0.25, 0.3) is 0 Å². The van der Waals surface area contributed by atoms with Gasteiger partial charge in [-0.1, -0.05) is 6.07 Å². The minimum Gasteiger partial charge on any atom is -0.438 e. The van der Waals surface area contributed by atoms with Crippen molar-refractivity contribution in [3.63, 3.8) is 0 Å². The maximum absolute atomic E-state index is 11.1. The lowest BCUT2D eigenvalue weighted by Crippen LogP contribution is -2.05. The van der Waals surface area contributed by atoms with Crippen LogP contribution in [0.2, 0.25) is 0 Å². The Bertz CT molecular complexity index is 770. The van der Waals surface area contributed by atoms with Crippen molar-refractivity contribution in [1.29, 1.82) is 0 Å². The number of aromatic nitrogens is 2. The molecule has 5 nitrogen and oxygen atoms in total. The Labute approximate surface area is 119 Å². The van der Waals surface area contributed by atoms with Crippen molar-refractivity contribution in [1.82, 2.24) is 9.97 Å². The predicted octanol–water partition coefficient (Wildman–Crippen LogP) is 3.44. The number of anilines is 1. The Kier molecular flexibility index (Phi) is 3.30. The van der Waals surface area contributed by atoms with Crippen LogP contribution in [0.25, 0.3) is 10.2 Å². The van der Waals surface area contributed by atoms with Crippen molar-refractivity contribution < 1.29 is 9.53 Å². The third-order valence-corrected chi connectivity index (χ3v) is 3.41. The van der Waals surface area contributed by atoms with Gasteiger partial charge in [-0.3, -0.25) is 4.79 Å². The van der Waals surface area contributed by atoms with Crippen LogP contribution >= 0.6 is 11.3 Å². The zero-order valence-corrected chi connectivity index (χ0v) is 11.5. The fraction of sp³-hybridized carbons (Fsp3) is 0.0714. The summed E-state index contributed by atoms with van der Waals surface area (Å²) in [6.45, 7) is 1.47. The van der Waals surface area contributed by atoms with Crippen LogP contribution in [0.5, 0.6) is 11.6 Å². The zero-order valence-electron chi connectivity index (χ0n) is 10.7. The van der Waals surface area contributed by atoms with Crippen LogP contribution in [0.1, 0.15) is 6.92 Å². The van der Waals surface area contributed by atoms with Crippen molar-refractivity contribution in [2.24, 2.45) is 0 Å². The Morgan fingerprint density at radius 1 is 1.30 bits per heavy atom. The molecule has 2 aromatic heterocycles. The average molecular weight is 285 g/mol. The molecule has 0 aliphatic heterocycles. The summed E-state index contributed by atoms with van der Waals surface area (Å²) in [5.74, 6) is 1.00. The molecule has 20 heavy (non-hydrogen) atoms. The Balaban J connectivity index is 1.91. The second-order valence-corrected chi connectivity index (χ2v) is 5.02. The molecule has 2 heterocycles. The number of hydrogen-bond acceptors (Lipinski definition) is 5. The summed E-state index contributed by atoms with van der Waals surface area (Å²) in [4.78, 5) is 20.3. The molecule has 1 N–H and O–H groups in total. The van der Waals surface area contributed by atoms with E-state index in [9.17, 15) is 4.79 Å². The molecule has 0 atom stereocenters. The molecule has 3 aromatic rings. The Morgan fingerprint density at radius 3 is 3.05 bits per heavy atom. The number of carbonyl (C=O) groups is 1. The molecule has 0 bridgehead atoms. The van der Waals surface area contributed by atoms with Crippen LogP contribution in [-0.2, 0) is 4.79 Å². The molecule has 0 unspecified atom stereocenters. The van der Waals surface area contributed by atoms with Crippen LogP contribution in [0.4, 0.5) is 5.69 Å². The van der Waals surface area contributed by atoms with Gasteiger partial charge in [-0.25, -0.2) is 9.97 Å². The fourth-order valence-corrected chi connectivity index (χ4v) is 2.52. The Morgan fingerprint density at radius 2 is 2.20 bits per heavy atom. The fourth-order valence-electron chi connectivity index (χ4n) is 1.80. The molecule has 0 radical (unpaired) electrons. The first-order valence-electron chi connectivity index (χ1n) is 5.96. The van der Waals surface area contributed by atoms with Crippen molar-refractivity contribution in [2.45, 2.75) is 6.92 Å². The lowest BCUT2D eigenvalue weighted by Gasteiger charge is -2.07. The highest BCUT2D eigenvalue weighted by atomic mass is 32.1. The number of rotatable bonds is 3. The largest absolute Gasteiger partial charge is 0.438 e. The summed E-state index contributed by atoms with van der Waals surface area (Å²) in [6, 6.07) is 9.10. The monoisotopic (exact) mass is 285 g/mol. The molecule has 3 rings (SSSR count). The van der Waals surface area contributed by atoms with E-state index in [2.05, 4.69) is 15.3 Å². The van der Waals surface area contributed by atoms with Crippen molar-refractivity contribution >= 4 is 33.1 Å². The highest BCUT2D eigenvalue weighted by molar-refractivity contribution is 7.16. The maximum Gasteiger partial charge on any atom is 0.231 e. The number of hydrogen-bond donors (Lipinski definition) is 1. The van der Waals surface area contributed by atoms with Gasteiger partial charge >= 0.3 is 0 Å². The summed E-state index contributed by atoms with van der Waals surface area (Å²) in [6.07, 6.45) is 1.48. The van der Waals surface area contributed by atoms with Crippen LogP contribution in [0.3, 0.4) is 0 Å². The second kappa shape index (κ2) is 5.26. The van der Waals surface area contributed by atoms with Gasteiger partial charge in [-0.2, -0.15) is 0 Å². The molecular weight excluding hydrogens is 274 g/mol. The van der Waals surface area contributed by atoms with E-state index in [1.54, 1.807) is 12.1 Å². The highest BCUT2D eigenvalue weighted by Gasteiger charge is 2.07. The van der Waals surface area contributed by atoms with Crippen LogP contribution in [-0.4, -0.2) is 15.9 Å². The average Bonchev–Trinajstić information content (AvgIpc) is 2.88. The molecule has 6 heteroatoms. The van der Waals surface area contributed by atoms with E-state index >= 15 is 0 Å². The summed E-state index contributed by atoms with van der Waals surface area (Å²) in [5, 5.41) is 5.54. The minimum atomic E-state index is -0.121. The molecule has 100 valence electrons. The number of benzene rings is 1. The van der Waals surface area contributed by atoms with E-state index in [1.807, 2.05) is 23.6 Å². The number of amides is 1. The van der Waals surface area contributed by atoms with Gasteiger partial charge < -0.3 is 10.1 Å². The van der Waals surface area contributed by atoms with Crippen LogP contribution in [0, 0.1) is 0 Å². The summed E-state index contributed by atoms with van der Waals surface area (Å²) in [7, 11) is 0. The maximum atomic E-state index is 11.1. The molecule has 0 aliphatic carbocycles. The first kappa shape index (κ1) is 12.6. The van der Waals surface area contributed by atoms with Gasteiger partial charge in [0.1, 0.15) is 16.9 Å². The molecule has 0 spiro atoms. The van der Waals surface area contributed by atoms with Crippen LogP contribution in [0.15, 0.2) is 42.0 Å². The van der Waals surface area contributed by atoms with E-state index < -0.39 is 0 Å². The third kappa shape index (κ3) is 2.60. The lowest BCUT2D eigenvalue weighted by atomic mass is 10.3. The highest BCUT2D eigenvalue weighted by Crippen LogP contribution is 2.30. The van der Waals surface area contributed by atoms with E-state index in [-0.39, 0.29) is 5.91 Å². The molecule has 0 aliphatic rings. The Hall–Kier alpha value is -2.47. The topological polar surface area (TPSA) is 64.1 Å². The number of fused-ring (bicyclic) bond motifs is 1. The predicted molar refractivity (Wildman–Crippen MR) is 78.2 cm³/mol. The SMILES string of the molecule is CC(=O)Nc1cccc(Oc2ncnc3sccc23)c1. The van der Waals surface area contributed by atoms with E-state index in [0.717, 1.165) is 10.2 Å². The number of ether oxygens (including phenoxy) is 1. The van der Waals surface area contributed by atoms with Crippen molar-refractivity contribution in [3.05, 3.63) is 42.0 Å². The molecule has 0 saturated heterocycles. The first-order chi connectivity index (χ1) is 9.72. The van der Waals surface area contributed by atoms with Gasteiger partial charge in [-0.05, 0) is 23.6 Å². The number of thiophene rings is 1. The van der Waals surface area contributed by atoms with Crippen molar-refractivity contribution in [2.75, 3.05) is 5.32 Å². The normalized spacial score (nSPS) is 10.4. The summed E-state index contributed by atoms with van der Waals surface area (Å²) < 4.78 is 5.78. The molecule has 1 aromatic carbocycles. The third-order valence-electron chi connectivity index (χ3n) is 2.59. The molecular formula is C14H11N3O2S. The second-order valence-electron chi connectivity index (χ2n) is 4.13. The van der Waals surface area contributed by atoms with Gasteiger partial charge in [-0.15, -0.1) is 11.3 Å². The van der Waals surface area contributed by atoms with E-state index in [1.165, 1.54) is 24.6 Å². The smallest absolute Gasteiger partial charge is 0.231 e. The number of nitrogens with one attached hydrogen (secondary N) is 1. The first-order valence-corrected chi connectivity index (χ1v) is 6.84. The van der Waals surface area contributed by atoms with Gasteiger partial charge in [0.05, 0.1) is 5.39 Å². The van der Waals surface area contributed by atoms with Gasteiger partial charge in [0.15, 0.2) is 0 Å². The standard InChI is InChI=1S/C14H11N3O2S/c1-9(18)17-10-3-2-4-11(7-10)19-13-12-5-6-20-14(12)16-8-15-13/h2-8H,1H3,(H,17,18). The minimum absolute atomic E-state index is 0.121. The van der Waals surface area contributed by atoms with E-state index in [4.69, 9.17) is 4.74 Å². The summed E-state index contributed by atoms with van der Waals surface area (Å²) in [5.41, 5.74) is 0.686. The van der Waals surface area contributed by atoms with E-state index in [0.29, 0.717) is 17.3 Å². The zero-order chi connectivity index (χ0) is 13.9. The lowest BCUT2D eigenvalue weighted by molar-refractivity contribution is -0.114. The molecule has 0 fully saturated rings. The molecule has 1 amide bonds. The summed E-state index contributed by atoms with van der Waals surface area (Å²) >= 11 is 1.54. The van der Waals surface area contributed by atoms with Gasteiger partial charge in [0, 0.05) is 18.7 Å². The van der Waals surface area contributed by atoms with Crippen LogP contribution < -0.4 is 10.1 Å². The molecule has 0 saturated carbocycles. The number of carbonyl (C=O) groups excluding carboxylic acids is 1.